The largest absolute Gasteiger partial charge is 0.495 e. The van der Waals surface area contributed by atoms with Crippen molar-refractivity contribution in [1.29, 1.82) is 0 Å². The molecule has 1 aliphatic carbocycles. The van der Waals surface area contributed by atoms with Gasteiger partial charge in [-0.25, -0.2) is 8.42 Å². The molecule has 0 fully saturated rings. The van der Waals surface area contributed by atoms with Crippen LogP contribution in [-0.2, 0) is 10.0 Å². The summed E-state index contributed by atoms with van der Waals surface area (Å²) in [4.78, 5) is 0.229. The van der Waals surface area contributed by atoms with E-state index in [1.807, 2.05) is 37.3 Å². The molecule has 0 saturated carbocycles. The standard InChI is InChI=1S/C26H25ClN2O3S/c1-16-9-12-25(32-2)24(13-16)29-33(30,31)19-10-11-23-22(15-19)20-7-4-8-21(20)26(28-23)17-5-3-6-18(27)14-17/h3-7,9-15,20-21,26,28-29H,8H2,1-2H3/t20-,21+,26+/m1/s1. The van der Waals surface area contributed by atoms with E-state index in [1.54, 1.807) is 24.3 Å². The fourth-order valence-corrected chi connectivity index (χ4v) is 6.17. The van der Waals surface area contributed by atoms with Gasteiger partial charge in [-0.2, -0.15) is 0 Å². The van der Waals surface area contributed by atoms with Gasteiger partial charge in [0.1, 0.15) is 5.75 Å². The summed E-state index contributed by atoms with van der Waals surface area (Å²) in [7, 11) is -2.27. The molecule has 2 aliphatic rings. The number of hydrogen-bond donors (Lipinski definition) is 2. The molecule has 0 amide bonds. The molecular formula is C26H25ClN2O3S. The third kappa shape index (κ3) is 4.09. The molecule has 170 valence electrons. The minimum atomic E-state index is -3.80. The number of anilines is 2. The van der Waals surface area contributed by atoms with Crippen LogP contribution in [0.3, 0.4) is 0 Å². The molecule has 1 heterocycles. The van der Waals surface area contributed by atoms with Crippen LogP contribution in [0.2, 0.25) is 5.02 Å². The first-order chi connectivity index (χ1) is 15.9. The summed E-state index contributed by atoms with van der Waals surface area (Å²) >= 11 is 6.25. The fraction of sp³-hybridized carbons (Fsp3) is 0.231. The Bertz CT molecular complexity index is 1350. The second-order valence-electron chi connectivity index (χ2n) is 8.59. The number of benzene rings is 3. The zero-order valence-corrected chi connectivity index (χ0v) is 20.0. The van der Waals surface area contributed by atoms with Crippen molar-refractivity contribution in [3.63, 3.8) is 0 Å². The van der Waals surface area contributed by atoms with Crippen LogP contribution in [0.4, 0.5) is 11.4 Å². The van der Waals surface area contributed by atoms with E-state index in [0.717, 1.165) is 28.8 Å². The van der Waals surface area contributed by atoms with Gasteiger partial charge < -0.3 is 10.1 Å². The lowest BCUT2D eigenvalue weighted by Gasteiger charge is -2.37. The van der Waals surface area contributed by atoms with Crippen molar-refractivity contribution in [2.45, 2.75) is 30.2 Å². The molecule has 1 aliphatic heterocycles. The zero-order chi connectivity index (χ0) is 23.2. The molecule has 3 aromatic carbocycles. The Morgan fingerprint density at radius 3 is 2.73 bits per heavy atom. The minimum Gasteiger partial charge on any atom is -0.495 e. The molecule has 2 N–H and O–H groups in total. The van der Waals surface area contributed by atoms with Crippen LogP contribution in [0, 0.1) is 12.8 Å². The van der Waals surface area contributed by atoms with Crippen LogP contribution in [0.1, 0.15) is 35.1 Å². The van der Waals surface area contributed by atoms with Crippen LogP contribution in [-0.4, -0.2) is 15.5 Å². The molecule has 7 heteroatoms. The van der Waals surface area contributed by atoms with Crippen LogP contribution in [0.25, 0.3) is 0 Å². The zero-order valence-electron chi connectivity index (χ0n) is 18.4. The highest BCUT2D eigenvalue weighted by molar-refractivity contribution is 7.92. The monoisotopic (exact) mass is 480 g/mol. The highest BCUT2D eigenvalue weighted by atomic mass is 35.5. The highest BCUT2D eigenvalue weighted by Gasteiger charge is 2.38. The normalized spacial score (nSPS) is 21.1. The Morgan fingerprint density at radius 1 is 1.09 bits per heavy atom. The summed E-state index contributed by atoms with van der Waals surface area (Å²) in [5.41, 5.74) is 4.44. The van der Waals surface area contributed by atoms with Gasteiger partial charge >= 0.3 is 0 Å². The van der Waals surface area contributed by atoms with E-state index in [0.29, 0.717) is 22.4 Å². The smallest absolute Gasteiger partial charge is 0.262 e. The average molecular weight is 481 g/mol. The maximum absolute atomic E-state index is 13.3. The molecule has 0 aromatic heterocycles. The van der Waals surface area contributed by atoms with Gasteiger partial charge in [0.05, 0.1) is 23.7 Å². The van der Waals surface area contributed by atoms with Gasteiger partial charge in [-0.05, 0) is 78.4 Å². The number of halogens is 1. The topological polar surface area (TPSA) is 67.4 Å². The Morgan fingerprint density at radius 2 is 1.94 bits per heavy atom. The van der Waals surface area contributed by atoms with Crippen molar-refractivity contribution >= 4 is 33.0 Å². The van der Waals surface area contributed by atoms with Gasteiger partial charge in [0.15, 0.2) is 0 Å². The van der Waals surface area contributed by atoms with Gasteiger partial charge in [0.2, 0.25) is 0 Å². The van der Waals surface area contributed by atoms with Crippen LogP contribution in [0.15, 0.2) is 77.7 Å². The Labute approximate surface area is 199 Å². The lowest BCUT2D eigenvalue weighted by Crippen LogP contribution is -2.29. The van der Waals surface area contributed by atoms with E-state index < -0.39 is 10.0 Å². The number of methoxy groups -OCH3 is 1. The number of sulfonamides is 1. The molecule has 0 unspecified atom stereocenters. The molecular weight excluding hydrogens is 456 g/mol. The maximum Gasteiger partial charge on any atom is 0.262 e. The van der Waals surface area contributed by atoms with E-state index in [-0.39, 0.29) is 16.9 Å². The average Bonchev–Trinajstić information content (AvgIpc) is 3.28. The fourth-order valence-electron chi connectivity index (χ4n) is 4.87. The summed E-state index contributed by atoms with van der Waals surface area (Å²) in [5, 5.41) is 4.34. The first-order valence-electron chi connectivity index (χ1n) is 10.9. The lowest BCUT2D eigenvalue weighted by atomic mass is 9.77. The third-order valence-electron chi connectivity index (χ3n) is 6.45. The highest BCUT2D eigenvalue weighted by Crippen LogP contribution is 2.50. The quantitative estimate of drug-likeness (QED) is 0.421. The molecule has 5 rings (SSSR count). The van der Waals surface area contributed by atoms with E-state index in [2.05, 4.69) is 28.3 Å². The van der Waals surface area contributed by atoms with E-state index in [9.17, 15) is 8.42 Å². The summed E-state index contributed by atoms with van der Waals surface area (Å²) in [5.74, 6) is 0.902. The number of fused-ring (bicyclic) bond motifs is 3. The predicted octanol–water partition coefficient (Wildman–Crippen LogP) is 6.28. The van der Waals surface area contributed by atoms with E-state index in [4.69, 9.17) is 16.3 Å². The van der Waals surface area contributed by atoms with E-state index in [1.165, 1.54) is 7.11 Å². The number of nitrogens with one attached hydrogen (secondary N) is 2. The van der Waals surface area contributed by atoms with Crippen molar-refractivity contribution in [2.75, 3.05) is 17.1 Å². The van der Waals surface area contributed by atoms with Crippen molar-refractivity contribution in [2.24, 2.45) is 5.92 Å². The second-order valence-corrected chi connectivity index (χ2v) is 10.7. The number of aryl methyl sites for hydroxylation is 1. The maximum atomic E-state index is 13.3. The molecule has 3 atom stereocenters. The number of ether oxygens (including phenoxy) is 1. The summed E-state index contributed by atoms with van der Waals surface area (Å²) in [6.07, 6.45) is 5.29. The van der Waals surface area contributed by atoms with Crippen molar-refractivity contribution in [3.8, 4) is 5.75 Å². The minimum absolute atomic E-state index is 0.105. The first kappa shape index (κ1) is 21.9. The van der Waals surface area contributed by atoms with Gasteiger partial charge in [-0.3, -0.25) is 4.72 Å². The number of allylic oxidation sites excluding steroid dienone is 2. The van der Waals surface area contributed by atoms with Crippen LogP contribution >= 0.6 is 11.6 Å². The molecule has 0 bridgehead atoms. The second kappa shape index (κ2) is 8.43. The van der Waals surface area contributed by atoms with Crippen molar-refractivity contribution in [1.82, 2.24) is 0 Å². The van der Waals surface area contributed by atoms with E-state index >= 15 is 0 Å². The van der Waals surface area contributed by atoms with Crippen LogP contribution in [0.5, 0.6) is 5.75 Å². The Hall–Kier alpha value is -2.96. The Kier molecular flexibility index (Phi) is 5.59. The van der Waals surface area contributed by atoms with Gasteiger partial charge in [0, 0.05) is 16.6 Å². The van der Waals surface area contributed by atoms with Gasteiger partial charge in [-0.1, -0.05) is 42.0 Å². The summed E-state index contributed by atoms with van der Waals surface area (Å²) < 4.78 is 34.6. The molecule has 0 saturated heterocycles. The van der Waals surface area contributed by atoms with Crippen molar-refractivity contribution in [3.05, 3.63) is 94.5 Å². The first-order valence-corrected chi connectivity index (χ1v) is 12.7. The third-order valence-corrected chi connectivity index (χ3v) is 8.05. The summed E-state index contributed by atoms with van der Waals surface area (Å²) in [6.45, 7) is 1.91. The Balaban J connectivity index is 1.50. The lowest BCUT2D eigenvalue weighted by molar-refractivity contribution is 0.417. The summed E-state index contributed by atoms with van der Waals surface area (Å²) in [6, 6.07) is 18.7. The SMILES string of the molecule is COc1ccc(C)cc1NS(=O)(=O)c1ccc2c(c1)[C@@H]1C=CC[C@@H]1[C@H](c1cccc(Cl)c1)N2. The number of rotatable bonds is 5. The predicted molar refractivity (Wildman–Crippen MR) is 133 cm³/mol. The van der Waals surface area contributed by atoms with Crippen LogP contribution < -0.4 is 14.8 Å². The molecule has 33 heavy (non-hydrogen) atoms. The molecule has 5 nitrogen and oxygen atoms in total. The molecule has 3 aromatic rings. The van der Waals surface area contributed by atoms with Gasteiger partial charge in [-0.15, -0.1) is 0 Å². The molecule has 0 spiro atoms. The molecule has 0 radical (unpaired) electrons. The number of hydrogen-bond acceptors (Lipinski definition) is 4. The van der Waals surface area contributed by atoms with Gasteiger partial charge in [0.25, 0.3) is 10.0 Å². The van der Waals surface area contributed by atoms with Crippen molar-refractivity contribution < 1.29 is 13.2 Å².